The minimum atomic E-state index is -0.251. The average Bonchev–Trinajstić information content (AvgIpc) is 2.88. The number of ether oxygens (including phenoxy) is 2. The van der Waals surface area contributed by atoms with E-state index in [4.69, 9.17) is 9.47 Å². The topological polar surface area (TPSA) is 55.8 Å². The van der Waals surface area contributed by atoms with E-state index in [1.165, 1.54) is 7.11 Å². The first-order valence-corrected chi connectivity index (χ1v) is 6.99. The molecule has 0 N–H and O–H groups in total. The van der Waals surface area contributed by atoms with Gasteiger partial charge in [0.25, 0.3) is 5.91 Å². The highest BCUT2D eigenvalue weighted by molar-refractivity contribution is 5.95. The van der Waals surface area contributed by atoms with Crippen LogP contribution in [0.2, 0.25) is 0 Å². The van der Waals surface area contributed by atoms with Gasteiger partial charge >= 0.3 is 5.97 Å². The monoisotopic (exact) mass is 291 g/mol. The number of methoxy groups -OCH3 is 2. The molecule has 1 aromatic rings. The Balaban J connectivity index is 2.16. The van der Waals surface area contributed by atoms with Gasteiger partial charge in [-0.2, -0.15) is 0 Å². The molecule has 1 saturated heterocycles. The third-order valence-corrected chi connectivity index (χ3v) is 4.06. The molecule has 2 rings (SSSR count). The van der Waals surface area contributed by atoms with E-state index in [1.54, 1.807) is 24.1 Å². The first-order valence-electron chi connectivity index (χ1n) is 6.99. The highest BCUT2D eigenvalue weighted by Crippen LogP contribution is 2.27. The summed E-state index contributed by atoms with van der Waals surface area (Å²) in [7, 11) is 2.96. The van der Waals surface area contributed by atoms with Gasteiger partial charge in [-0.1, -0.05) is 13.0 Å². The molecular formula is C16H21NO4. The first kappa shape index (κ1) is 15.4. The summed E-state index contributed by atoms with van der Waals surface area (Å²) in [5, 5.41) is 0. The zero-order valence-corrected chi connectivity index (χ0v) is 12.9. The Hall–Kier alpha value is -2.04. The number of esters is 1. The van der Waals surface area contributed by atoms with Crippen molar-refractivity contribution in [3.8, 4) is 5.75 Å². The fraction of sp³-hybridized carbons (Fsp3) is 0.500. The zero-order chi connectivity index (χ0) is 15.6. The predicted molar refractivity (Wildman–Crippen MR) is 78.3 cm³/mol. The molecule has 1 amide bonds. The third-order valence-electron chi connectivity index (χ3n) is 4.06. The number of hydrogen-bond donors (Lipinski definition) is 0. The van der Waals surface area contributed by atoms with Gasteiger partial charge in [-0.05, 0) is 30.5 Å². The van der Waals surface area contributed by atoms with Gasteiger partial charge < -0.3 is 14.4 Å². The normalized spacial score (nSPS) is 21.2. The van der Waals surface area contributed by atoms with Crippen LogP contribution in [0.25, 0.3) is 0 Å². The molecule has 5 nitrogen and oxygen atoms in total. The molecule has 1 aromatic carbocycles. The highest BCUT2D eigenvalue weighted by atomic mass is 16.5. The first-order chi connectivity index (χ1) is 9.97. The van der Waals surface area contributed by atoms with Gasteiger partial charge in [0.2, 0.25) is 0 Å². The summed E-state index contributed by atoms with van der Waals surface area (Å²) in [5.74, 6) is 0.225. The van der Waals surface area contributed by atoms with Gasteiger partial charge in [0, 0.05) is 18.7 Å². The minimum absolute atomic E-state index is 0.0773. The number of likely N-dealkylation sites (tertiary alicyclic amines) is 1. The van der Waals surface area contributed by atoms with Crippen molar-refractivity contribution in [3.05, 3.63) is 29.3 Å². The van der Waals surface area contributed by atoms with Gasteiger partial charge in [0.05, 0.1) is 20.1 Å². The SMILES string of the molecule is COC(=O)C1CN(C(=O)c2ccc(C)c(OC)c2)CC1C. The number of rotatable bonds is 3. The number of benzene rings is 1. The third kappa shape index (κ3) is 3.01. The van der Waals surface area contributed by atoms with E-state index >= 15 is 0 Å². The van der Waals surface area contributed by atoms with E-state index in [1.807, 2.05) is 19.9 Å². The lowest BCUT2D eigenvalue weighted by atomic mass is 9.99. The smallest absolute Gasteiger partial charge is 0.310 e. The molecule has 1 aliphatic heterocycles. The second-order valence-electron chi connectivity index (χ2n) is 5.50. The molecule has 0 aliphatic carbocycles. The summed E-state index contributed by atoms with van der Waals surface area (Å²) in [4.78, 5) is 25.9. The number of hydrogen-bond acceptors (Lipinski definition) is 4. The highest BCUT2D eigenvalue weighted by Gasteiger charge is 2.37. The molecule has 1 aliphatic rings. The number of carbonyl (C=O) groups excluding carboxylic acids is 2. The van der Waals surface area contributed by atoms with E-state index in [0.717, 1.165) is 5.56 Å². The summed E-state index contributed by atoms with van der Waals surface area (Å²) < 4.78 is 10.0. The quantitative estimate of drug-likeness (QED) is 0.798. The lowest BCUT2D eigenvalue weighted by Crippen LogP contribution is -2.30. The summed E-state index contributed by atoms with van der Waals surface area (Å²) in [5.41, 5.74) is 1.56. The van der Waals surface area contributed by atoms with Crippen molar-refractivity contribution >= 4 is 11.9 Å². The summed E-state index contributed by atoms with van der Waals surface area (Å²) in [6, 6.07) is 5.40. The maximum absolute atomic E-state index is 12.5. The van der Waals surface area contributed by atoms with Crippen LogP contribution in [0.3, 0.4) is 0 Å². The van der Waals surface area contributed by atoms with E-state index in [-0.39, 0.29) is 23.7 Å². The zero-order valence-electron chi connectivity index (χ0n) is 12.9. The lowest BCUT2D eigenvalue weighted by molar-refractivity contribution is -0.146. The maximum atomic E-state index is 12.5. The second-order valence-corrected chi connectivity index (χ2v) is 5.50. The molecule has 2 unspecified atom stereocenters. The number of carbonyl (C=O) groups is 2. The summed E-state index contributed by atoms with van der Waals surface area (Å²) in [6.45, 7) is 4.86. The Morgan fingerprint density at radius 3 is 2.57 bits per heavy atom. The van der Waals surface area contributed by atoms with Crippen molar-refractivity contribution in [2.24, 2.45) is 11.8 Å². The largest absolute Gasteiger partial charge is 0.496 e. The van der Waals surface area contributed by atoms with Crippen LogP contribution in [0.5, 0.6) is 5.75 Å². The van der Waals surface area contributed by atoms with Crippen molar-refractivity contribution in [2.75, 3.05) is 27.3 Å². The Morgan fingerprint density at radius 1 is 1.24 bits per heavy atom. The van der Waals surface area contributed by atoms with Crippen LogP contribution in [0.4, 0.5) is 0 Å². The van der Waals surface area contributed by atoms with Crippen molar-refractivity contribution in [2.45, 2.75) is 13.8 Å². The summed E-state index contributed by atoms with van der Waals surface area (Å²) in [6.07, 6.45) is 0. The van der Waals surface area contributed by atoms with Crippen molar-refractivity contribution < 1.29 is 19.1 Å². The van der Waals surface area contributed by atoms with E-state index in [0.29, 0.717) is 24.4 Å². The molecule has 5 heteroatoms. The van der Waals surface area contributed by atoms with E-state index < -0.39 is 0 Å². The van der Waals surface area contributed by atoms with Crippen LogP contribution in [-0.4, -0.2) is 44.1 Å². The number of nitrogens with zero attached hydrogens (tertiary/aromatic N) is 1. The number of amides is 1. The van der Waals surface area contributed by atoms with Gasteiger partial charge in [-0.15, -0.1) is 0 Å². The van der Waals surface area contributed by atoms with Crippen LogP contribution in [0, 0.1) is 18.8 Å². The minimum Gasteiger partial charge on any atom is -0.496 e. The van der Waals surface area contributed by atoms with Crippen LogP contribution in [0.1, 0.15) is 22.8 Å². The van der Waals surface area contributed by atoms with Crippen LogP contribution in [0.15, 0.2) is 18.2 Å². The molecule has 114 valence electrons. The Kier molecular flexibility index (Phi) is 4.50. The average molecular weight is 291 g/mol. The molecule has 0 bridgehead atoms. The second kappa shape index (κ2) is 6.16. The van der Waals surface area contributed by atoms with Gasteiger partial charge in [0.1, 0.15) is 5.75 Å². The predicted octanol–water partition coefficient (Wildman–Crippen LogP) is 1.88. The van der Waals surface area contributed by atoms with Crippen molar-refractivity contribution in [1.82, 2.24) is 4.90 Å². The molecule has 0 aromatic heterocycles. The van der Waals surface area contributed by atoms with Gasteiger partial charge in [-0.3, -0.25) is 9.59 Å². The molecule has 0 saturated carbocycles. The Labute approximate surface area is 124 Å². The van der Waals surface area contributed by atoms with Crippen molar-refractivity contribution in [1.29, 1.82) is 0 Å². The molecule has 1 heterocycles. The molecule has 0 spiro atoms. The Bertz CT molecular complexity index is 555. The number of aryl methyl sites for hydroxylation is 1. The molecule has 21 heavy (non-hydrogen) atoms. The fourth-order valence-electron chi connectivity index (χ4n) is 2.73. The lowest BCUT2D eigenvalue weighted by Gasteiger charge is -2.17. The summed E-state index contributed by atoms with van der Waals surface area (Å²) >= 11 is 0. The van der Waals surface area contributed by atoms with Crippen LogP contribution >= 0.6 is 0 Å². The molecule has 0 radical (unpaired) electrons. The molecule has 2 atom stereocenters. The molecular weight excluding hydrogens is 270 g/mol. The van der Waals surface area contributed by atoms with E-state index in [2.05, 4.69) is 0 Å². The van der Waals surface area contributed by atoms with Gasteiger partial charge in [-0.25, -0.2) is 0 Å². The van der Waals surface area contributed by atoms with Crippen LogP contribution < -0.4 is 4.74 Å². The Morgan fingerprint density at radius 2 is 1.95 bits per heavy atom. The molecule has 1 fully saturated rings. The maximum Gasteiger partial charge on any atom is 0.310 e. The van der Waals surface area contributed by atoms with Crippen molar-refractivity contribution in [3.63, 3.8) is 0 Å². The fourth-order valence-corrected chi connectivity index (χ4v) is 2.73. The standard InChI is InChI=1S/C16H21NO4/c1-10-5-6-12(7-14(10)20-3)15(18)17-8-11(2)13(9-17)16(19)21-4/h5-7,11,13H,8-9H2,1-4H3. The van der Waals surface area contributed by atoms with Gasteiger partial charge in [0.15, 0.2) is 0 Å². The van der Waals surface area contributed by atoms with E-state index in [9.17, 15) is 9.59 Å². The van der Waals surface area contributed by atoms with Crippen LogP contribution in [-0.2, 0) is 9.53 Å².